The quantitative estimate of drug-likeness (QED) is 0.510. The number of thioether (sulfide) groups is 1. The van der Waals surface area contributed by atoms with E-state index in [0.717, 1.165) is 6.54 Å². The Morgan fingerprint density at radius 3 is 2.79 bits per heavy atom. The van der Waals surface area contributed by atoms with Crippen molar-refractivity contribution in [1.82, 2.24) is 4.98 Å². The zero-order valence-corrected chi connectivity index (χ0v) is 12.3. The van der Waals surface area contributed by atoms with Gasteiger partial charge in [-0.1, -0.05) is 24.4 Å². The molecular formula is C12H16ClN3O2S. The van der Waals surface area contributed by atoms with Gasteiger partial charge >= 0.3 is 0 Å². The van der Waals surface area contributed by atoms with Crippen molar-refractivity contribution in [3.8, 4) is 0 Å². The predicted molar refractivity (Wildman–Crippen MR) is 79.1 cm³/mol. The Balaban J connectivity index is 2.08. The number of aromatic nitrogens is 1. The summed E-state index contributed by atoms with van der Waals surface area (Å²) in [6, 6.07) is 2.68. The van der Waals surface area contributed by atoms with Crippen molar-refractivity contribution >= 4 is 34.9 Å². The van der Waals surface area contributed by atoms with Gasteiger partial charge in [-0.15, -0.1) is 0 Å². The van der Waals surface area contributed by atoms with E-state index in [-0.39, 0.29) is 15.6 Å². The highest BCUT2D eigenvalue weighted by Crippen LogP contribution is 2.40. The highest BCUT2D eigenvalue weighted by Gasteiger charge is 2.32. The topological polar surface area (TPSA) is 68.1 Å². The minimum absolute atomic E-state index is 0.0351. The predicted octanol–water partition coefficient (Wildman–Crippen LogP) is 3.73. The SMILES string of the molecule is CSC1(CNc2cc([N+](=O)[O-])cc(Cl)n2)CCCC1. The number of nitro groups is 1. The number of rotatable bonds is 5. The monoisotopic (exact) mass is 301 g/mol. The average Bonchev–Trinajstić information content (AvgIpc) is 2.85. The number of nitrogens with one attached hydrogen (secondary N) is 1. The van der Waals surface area contributed by atoms with Crippen LogP contribution in [0.5, 0.6) is 0 Å². The maximum atomic E-state index is 10.8. The molecule has 0 aromatic carbocycles. The third-order valence-corrected chi connectivity index (χ3v) is 5.14. The first-order valence-electron chi connectivity index (χ1n) is 6.16. The molecule has 1 saturated carbocycles. The van der Waals surface area contributed by atoms with E-state index in [1.807, 2.05) is 11.8 Å². The Morgan fingerprint density at radius 1 is 1.53 bits per heavy atom. The Kier molecular flexibility index (Phi) is 4.52. The molecule has 1 heterocycles. The molecule has 0 atom stereocenters. The molecule has 0 bridgehead atoms. The summed E-state index contributed by atoms with van der Waals surface area (Å²) >= 11 is 7.65. The number of halogens is 1. The minimum Gasteiger partial charge on any atom is -0.368 e. The Labute approximate surface area is 121 Å². The summed E-state index contributed by atoms with van der Waals surface area (Å²) < 4.78 is 0.221. The number of nitrogens with zero attached hydrogens (tertiary/aromatic N) is 2. The lowest BCUT2D eigenvalue weighted by molar-refractivity contribution is -0.384. The van der Waals surface area contributed by atoms with E-state index in [9.17, 15) is 10.1 Å². The van der Waals surface area contributed by atoms with E-state index in [2.05, 4.69) is 16.6 Å². The normalized spacial score (nSPS) is 17.4. The van der Waals surface area contributed by atoms with Crippen LogP contribution in [0, 0.1) is 10.1 Å². The van der Waals surface area contributed by atoms with Crippen molar-refractivity contribution in [3.05, 3.63) is 27.4 Å². The summed E-state index contributed by atoms with van der Waals surface area (Å²) in [4.78, 5) is 14.4. The van der Waals surface area contributed by atoms with Crippen LogP contribution in [0.15, 0.2) is 12.1 Å². The molecular weight excluding hydrogens is 286 g/mol. The third kappa shape index (κ3) is 3.51. The zero-order chi connectivity index (χ0) is 13.9. The third-order valence-electron chi connectivity index (χ3n) is 3.53. The van der Waals surface area contributed by atoms with Gasteiger partial charge in [0.25, 0.3) is 5.69 Å². The van der Waals surface area contributed by atoms with Gasteiger partial charge in [-0.2, -0.15) is 11.8 Å². The summed E-state index contributed by atoms with van der Waals surface area (Å²) in [5, 5.41) is 14.1. The largest absolute Gasteiger partial charge is 0.368 e. The van der Waals surface area contributed by atoms with Crippen molar-refractivity contribution in [2.24, 2.45) is 0 Å². The number of anilines is 1. The van der Waals surface area contributed by atoms with E-state index in [0.29, 0.717) is 5.82 Å². The van der Waals surface area contributed by atoms with E-state index < -0.39 is 4.92 Å². The van der Waals surface area contributed by atoms with Crippen LogP contribution in [-0.4, -0.2) is 27.5 Å². The number of hydrogen-bond donors (Lipinski definition) is 1. The Hall–Kier alpha value is -1.01. The summed E-state index contributed by atoms with van der Waals surface area (Å²) in [6.45, 7) is 0.763. The Bertz CT molecular complexity index is 478. The lowest BCUT2D eigenvalue weighted by Crippen LogP contribution is -2.30. The maximum absolute atomic E-state index is 10.8. The van der Waals surface area contributed by atoms with Gasteiger partial charge in [0, 0.05) is 11.3 Å². The van der Waals surface area contributed by atoms with E-state index in [1.54, 1.807) is 0 Å². The van der Waals surface area contributed by atoms with Gasteiger partial charge in [0.2, 0.25) is 0 Å². The molecule has 0 saturated heterocycles. The molecule has 5 nitrogen and oxygen atoms in total. The number of pyridine rings is 1. The van der Waals surface area contributed by atoms with Crippen LogP contribution in [0.4, 0.5) is 11.5 Å². The van der Waals surface area contributed by atoms with Crippen LogP contribution in [0.1, 0.15) is 25.7 Å². The summed E-state index contributed by atoms with van der Waals surface area (Å²) in [5.74, 6) is 0.472. The number of hydrogen-bond acceptors (Lipinski definition) is 5. The molecule has 1 N–H and O–H groups in total. The smallest absolute Gasteiger partial charge is 0.276 e. The standard InChI is InChI=1S/C12H16ClN3O2S/c1-19-12(4-2-3-5-12)8-14-11-7-9(16(17)18)6-10(13)15-11/h6-7H,2-5,8H2,1H3,(H,14,15). The molecule has 1 fully saturated rings. The average molecular weight is 302 g/mol. The van der Waals surface area contributed by atoms with Gasteiger partial charge in [0.05, 0.1) is 17.1 Å². The molecule has 0 radical (unpaired) electrons. The van der Waals surface area contributed by atoms with E-state index in [1.165, 1.54) is 37.8 Å². The highest BCUT2D eigenvalue weighted by atomic mass is 35.5. The van der Waals surface area contributed by atoms with Crippen molar-refractivity contribution in [2.45, 2.75) is 30.4 Å². The van der Waals surface area contributed by atoms with Gasteiger partial charge in [-0.25, -0.2) is 4.98 Å². The van der Waals surface area contributed by atoms with Crippen molar-refractivity contribution in [2.75, 3.05) is 18.1 Å². The fourth-order valence-electron chi connectivity index (χ4n) is 2.40. The second-order valence-corrected chi connectivity index (χ2v) is 6.40. The van der Waals surface area contributed by atoms with Crippen LogP contribution in [0.3, 0.4) is 0 Å². The van der Waals surface area contributed by atoms with E-state index >= 15 is 0 Å². The first kappa shape index (κ1) is 14.4. The minimum atomic E-state index is -0.460. The van der Waals surface area contributed by atoms with Crippen LogP contribution in [-0.2, 0) is 0 Å². The van der Waals surface area contributed by atoms with E-state index in [4.69, 9.17) is 11.6 Å². The van der Waals surface area contributed by atoms with Crippen LogP contribution in [0.25, 0.3) is 0 Å². The fraction of sp³-hybridized carbons (Fsp3) is 0.583. The van der Waals surface area contributed by atoms with Gasteiger partial charge < -0.3 is 5.32 Å². The molecule has 0 unspecified atom stereocenters. The van der Waals surface area contributed by atoms with Crippen LogP contribution >= 0.6 is 23.4 Å². The molecule has 7 heteroatoms. The second-order valence-electron chi connectivity index (χ2n) is 4.74. The van der Waals surface area contributed by atoms with Gasteiger partial charge in [0.15, 0.2) is 0 Å². The first-order valence-corrected chi connectivity index (χ1v) is 7.76. The molecule has 0 amide bonds. The maximum Gasteiger partial charge on any atom is 0.276 e. The lowest BCUT2D eigenvalue weighted by atomic mass is 10.1. The molecule has 19 heavy (non-hydrogen) atoms. The van der Waals surface area contributed by atoms with Crippen molar-refractivity contribution in [1.29, 1.82) is 0 Å². The van der Waals surface area contributed by atoms with Crippen molar-refractivity contribution in [3.63, 3.8) is 0 Å². The molecule has 1 aromatic heterocycles. The van der Waals surface area contributed by atoms with Gasteiger partial charge in [-0.05, 0) is 19.1 Å². The molecule has 0 spiro atoms. The molecule has 1 aliphatic rings. The molecule has 0 aliphatic heterocycles. The molecule has 1 aliphatic carbocycles. The van der Waals surface area contributed by atoms with Crippen LogP contribution < -0.4 is 5.32 Å². The van der Waals surface area contributed by atoms with Gasteiger partial charge in [-0.3, -0.25) is 10.1 Å². The zero-order valence-electron chi connectivity index (χ0n) is 10.7. The molecule has 1 aromatic rings. The highest BCUT2D eigenvalue weighted by molar-refractivity contribution is 8.00. The molecule has 104 valence electrons. The van der Waals surface area contributed by atoms with Crippen molar-refractivity contribution < 1.29 is 4.92 Å². The summed E-state index contributed by atoms with van der Waals surface area (Å²) in [7, 11) is 0. The molecule has 2 rings (SSSR count). The lowest BCUT2D eigenvalue weighted by Gasteiger charge is -2.27. The first-order chi connectivity index (χ1) is 9.04. The Morgan fingerprint density at radius 2 is 2.21 bits per heavy atom. The van der Waals surface area contributed by atoms with Gasteiger partial charge in [0.1, 0.15) is 11.0 Å². The summed E-state index contributed by atoms with van der Waals surface area (Å²) in [5.41, 5.74) is -0.0351. The fourth-order valence-corrected chi connectivity index (χ4v) is 3.52. The summed E-state index contributed by atoms with van der Waals surface area (Å²) in [6.07, 6.45) is 6.94. The van der Waals surface area contributed by atoms with Crippen LogP contribution in [0.2, 0.25) is 5.15 Å². The second kappa shape index (κ2) is 5.96.